The summed E-state index contributed by atoms with van der Waals surface area (Å²) in [4.78, 5) is 38.6. The number of anilines is 2. The highest BCUT2D eigenvalue weighted by Gasteiger charge is 2.28. The molecule has 5 aromatic rings. The summed E-state index contributed by atoms with van der Waals surface area (Å²) < 4.78 is 447. The zero-order chi connectivity index (χ0) is 117. The van der Waals surface area contributed by atoms with E-state index in [1.807, 2.05) is 42.3 Å². The highest BCUT2D eigenvalue weighted by Crippen LogP contribution is 2.61. The van der Waals surface area contributed by atoms with Gasteiger partial charge in [-0.3, -0.25) is 14.3 Å². The van der Waals surface area contributed by atoms with Crippen LogP contribution in [0.15, 0.2) is 64.2 Å². The van der Waals surface area contributed by atoms with Crippen molar-refractivity contribution in [3.05, 3.63) is 126 Å². The summed E-state index contributed by atoms with van der Waals surface area (Å²) in [6.45, 7) is 0.611. The molecule has 0 fully saturated rings. The molecule has 0 saturated carbocycles. The van der Waals surface area contributed by atoms with E-state index in [9.17, 15) is 22.9 Å². The molecule has 2 aliphatic carbocycles. The van der Waals surface area contributed by atoms with Crippen molar-refractivity contribution in [2.24, 2.45) is 0 Å². The molecule has 0 amide bonds. The first kappa shape index (κ1) is 12.0. The number of hydrogen-bond acceptors (Lipinski definition) is 7. The van der Waals surface area contributed by atoms with Crippen molar-refractivity contribution >= 4 is 73.5 Å². The molecule has 0 saturated heterocycles. The van der Waals surface area contributed by atoms with Crippen LogP contribution in [0.4, 0.5) is 20.2 Å². The Morgan fingerprint density at radius 2 is 1.52 bits per heavy atom. The van der Waals surface area contributed by atoms with Crippen LogP contribution in [-0.2, 0) is 24.0 Å². The number of nitrogens with one attached hydrogen (secondary N) is 3. The van der Waals surface area contributed by atoms with E-state index in [1.165, 1.54) is 24.3 Å². The minimum absolute atomic E-state index is 0. The molecule has 0 spiro atoms. The minimum Gasteiger partial charge on any atom is -0.388 e. The SMILES string of the molecule is C.C.CN(Cc1ccccc1)c1cc(F)cc2c1Cc1[nH]c(=O)[nH]c(=O)c1-2.CNc1cc(F)cc2c1Cc1nc(Cl)nc(Cl)c1-2.O=P(Cl)(Cl)Cl.[2HH].[2H][2H].[2H][2H].[2H][2H].[2H][2H].[2H][2H].[2H][2H].[2H][2H].[2H][2H].[2H][2H].[2H][2H].[2H][2H].[2H][2H].[2H][2H].[2H][2H].[2H][2H].[2H][2H].[2H][2H].[2H][2H].[2H][2H].[2H][2H].[2H][2H].[2H][2H].[2H][2H].[2H][2H].[2H][2H].[2H][2H].[2H][2H].[2H][2H].[2H][2H].[2H][2H].[2H][2H].[2H][2H].[2H][2H].[2H][2H].[2H][2H].[2H][2H].[2H][2H].[2H][2H].[2H][2H].[2H][2H].[2H][2H]. The van der Waals surface area contributed by atoms with E-state index in [0.717, 1.165) is 39.3 Å². The van der Waals surface area contributed by atoms with Gasteiger partial charge in [-0.2, -0.15) is 0 Å². The molecule has 9 nitrogen and oxygen atoms in total. The molecule has 2 aliphatic rings. The van der Waals surface area contributed by atoms with E-state index in [2.05, 4.69) is 59.0 Å². The molecule has 0 atom stereocenters. The number of H-pyrrole nitrogens is 2. The van der Waals surface area contributed by atoms with E-state index < -0.39 is 22.3 Å². The van der Waals surface area contributed by atoms with Crippen LogP contribution in [0.5, 0.6) is 0 Å². The van der Waals surface area contributed by atoms with Gasteiger partial charge in [-0.05, 0) is 97.4 Å². The monoisotopic (exact) mass is 972 g/mol. The molecule has 2 heterocycles. The lowest BCUT2D eigenvalue weighted by Crippen LogP contribution is -2.24. The van der Waals surface area contributed by atoms with Crippen LogP contribution in [-0.4, -0.2) is 34.0 Å². The van der Waals surface area contributed by atoms with Crippen LogP contribution in [0.2, 0.25) is 10.4 Å². The summed E-state index contributed by atoms with van der Waals surface area (Å²) in [6, 6.07) is 15.6. The molecule has 50 heavy (non-hydrogen) atoms. The van der Waals surface area contributed by atoms with Crippen molar-refractivity contribution in [3.63, 3.8) is 0 Å². The van der Waals surface area contributed by atoms with Gasteiger partial charge in [0.05, 0.1) is 11.3 Å². The van der Waals surface area contributed by atoms with Crippen LogP contribution in [0.3, 0.4) is 0 Å². The Labute approximate surface area is 439 Å². The summed E-state index contributed by atoms with van der Waals surface area (Å²) in [5.74, 6) is -0.732. The van der Waals surface area contributed by atoms with Crippen LogP contribution in [0.25, 0.3) is 22.3 Å². The van der Waals surface area contributed by atoms with Gasteiger partial charge < -0.3 is 15.2 Å². The average Bonchev–Trinajstić information content (AvgIpc) is 1.62. The smallest absolute Gasteiger partial charge is 0.339 e. The second kappa shape index (κ2) is 16.7. The topological polar surface area (TPSA) is 124 Å². The maximum atomic E-state index is 14.2. The summed E-state index contributed by atoms with van der Waals surface area (Å²) in [7, 11) is 3.64. The molecule has 3 N–H and O–H groups in total. The van der Waals surface area contributed by atoms with Crippen LogP contribution < -0.4 is 21.5 Å². The number of aromatic amines is 2. The van der Waals surface area contributed by atoms with Gasteiger partial charge in [0.1, 0.15) is 16.8 Å². The van der Waals surface area contributed by atoms with Crippen molar-refractivity contribution in [3.8, 4) is 22.3 Å². The summed E-state index contributed by atoms with van der Waals surface area (Å²) in [6.07, 6.45) is 0.974. The molecule has 2 aromatic heterocycles. The third kappa shape index (κ3) is 9.46. The second-order valence-electron chi connectivity index (χ2n) is 10.6. The zero-order valence-electron chi connectivity index (χ0n) is 107. The second-order valence-corrected chi connectivity index (χ2v) is 18.0. The van der Waals surface area contributed by atoms with Crippen molar-refractivity contribution in [1.82, 2.24) is 19.9 Å². The molecule has 7 rings (SSSR count). The van der Waals surface area contributed by atoms with Crippen molar-refractivity contribution in [1.29, 1.82) is 0 Å². The lowest BCUT2D eigenvalue weighted by Gasteiger charge is -2.22. The Morgan fingerprint density at radius 3 is 2.14 bits per heavy atom. The molecule has 350 valence electrons. The van der Waals surface area contributed by atoms with E-state index in [4.69, 9.17) is 145 Å². The third-order valence-electron chi connectivity index (χ3n) is 7.52. The molecule has 0 radical (unpaired) electrons. The van der Waals surface area contributed by atoms with Crippen molar-refractivity contribution in [2.75, 3.05) is 24.3 Å². The summed E-state index contributed by atoms with van der Waals surface area (Å²) in [5, 5.41) is 0.120. The predicted molar refractivity (Wildman–Crippen MR) is 292 cm³/mol. The Kier molecular flexibility index (Phi) is 4.03. The molecule has 0 aliphatic heterocycles. The highest BCUT2D eigenvalue weighted by atomic mass is 36.0. The predicted octanol–water partition coefficient (Wildman–Crippen LogP) is 20.4. The van der Waals surface area contributed by atoms with Gasteiger partial charge in [0.2, 0.25) is 5.28 Å². The zero-order valence-corrected chi connectivity index (χ0v) is 29.7. The summed E-state index contributed by atoms with van der Waals surface area (Å²) >= 11 is 25.7. The van der Waals surface area contributed by atoms with Gasteiger partial charge >= 0.3 is 10.9 Å². The minimum atomic E-state index is -3.22. The van der Waals surface area contributed by atoms with Gasteiger partial charge in [0.15, 0.2) is 0 Å². The number of benzene rings is 3. The van der Waals surface area contributed by atoms with E-state index >= 15 is 0 Å². The number of aromatic nitrogens is 4. The van der Waals surface area contributed by atoms with Gasteiger partial charge in [-0.25, -0.2) is 23.5 Å². The fourth-order valence-electron chi connectivity index (χ4n) is 5.73. The number of fused-ring (bicyclic) bond motifs is 6. The van der Waals surface area contributed by atoms with E-state index in [0.29, 0.717) is 41.8 Å². The fraction of sp³-hybridized carbons (Fsp3) is 0.212. The third-order valence-corrected chi connectivity index (χ3v) is 7.96. The first-order valence-corrected chi connectivity index (χ1v) is 19.2. The van der Waals surface area contributed by atoms with Gasteiger partial charge in [0.25, 0.3) is 5.56 Å². The molecule has 0 bridgehead atoms. The molecule has 17 heteroatoms. The van der Waals surface area contributed by atoms with Crippen LogP contribution in [0.1, 0.15) is 166 Å². The Morgan fingerprint density at radius 1 is 0.920 bits per heavy atom. The molecular weight excluding hydrogens is 775 g/mol. The van der Waals surface area contributed by atoms with E-state index in [-0.39, 0.29) is 32.5 Å². The average molecular weight is 975 g/mol. The van der Waals surface area contributed by atoms with E-state index in [1.54, 1.807) is 7.05 Å². The molecular formula is C33H116Cl5F2N6O3P. The first-order valence-electron chi connectivity index (χ1n) is 55.0. The summed E-state index contributed by atoms with van der Waals surface area (Å²) in [5.41, 5.74) is 6.90. The number of hydrogen-bond donors (Lipinski definition) is 3. The quantitative estimate of drug-likeness (QED) is 0.0911. The van der Waals surface area contributed by atoms with Gasteiger partial charge in [-0.1, -0.05) is 56.8 Å². The highest BCUT2D eigenvalue weighted by molar-refractivity contribution is 8.24. The molecule has 0 unspecified atom stereocenters. The lowest BCUT2D eigenvalue weighted by molar-refractivity contribution is 0.600. The fourth-order valence-corrected chi connectivity index (χ4v) is 6.25. The van der Waals surface area contributed by atoms with Crippen LogP contribution >= 0.6 is 62.1 Å². The lowest BCUT2D eigenvalue weighted by atomic mass is 10.0. The normalized spacial score (nSPS) is 18.1. The van der Waals surface area contributed by atoms with Gasteiger partial charge in [0, 0.05) is 179 Å². The number of halogens is 7. The van der Waals surface area contributed by atoms with Crippen LogP contribution in [0, 0.1) is 11.6 Å². The molecule has 3 aromatic carbocycles. The Balaban J connectivity index is -0.0000000190. The Bertz CT molecular complexity index is 2320. The maximum Gasteiger partial charge on any atom is 0.339 e. The first-order chi connectivity index (χ1) is 63.6. The van der Waals surface area contributed by atoms with Crippen molar-refractivity contribution < 1.29 is 137 Å². The largest absolute Gasteiger partial charge is 0.388 e. The number of rotatable bonds is 4. The standard InChI is InChI=1S/C19H16FN3O2.C12H8Cl2FN3.2CH4.Cl3OP.42H2/c1-23(10-11-5-3-2-4-6-11)16-8-12(20)7-14-13(16)9-15-17(14)18(24)22-19(25)21-15;1-16-8-3-5(15)2-7-6(8)4-9-10(7)11(13)18-12(14)17-9;;;1-5(2,3)4;;;;;;;;;;;;;;;;;;;;;;;;;;;;;;;;;;;;;;;;;;/h2-8H,9-10H2,1H3,(H2,21,22,24,25);2-3,16H,4H2,1H3;2*1H4;;42*1H/i;;;;;41*1+1D;1+1. The van der Waals surface area contributed by atoms with Gasteiger partial charge in [-0.15, -0.1) is 0 Å². The number of nitrogens with zero attached hydrogens (tertiary/aromatic N) is 3. The maximum absolute atomic E-state index is 14.2. The Hall–Kier alpha value is -3.44. The van der Waals surface area contributed by atoms with Crippen molar-refractivity contribution in [2.45, 2.75) is 34.2 Å².